The fourth-order valence-corrected chi connectivity index (χ4v) is 3.62. The van der Waals surface area contributed by atoms with Gasteiger partial charge in [0, 0.05) is 18.2 Å². The van der Waals surface area contributed by atoms with E-state index < -0.39 is 0 Å². The van der Waals surface area contributed by atoms with Crippen molar-refractivity contribution in [2.75, 3.05) is 13.1 Å². The lowest BCUT2D eigenvalue weighted by molar-refractivity contribution is -0.121. The molecule has 1 aromatic heterocycles. The van der Waals surface area contributed by atoms with Gasteiger partial charge in [-0.15, -0.1) is 12.4 Å². The number of halogens is 1. The van der Waals surface area contributed by atoms with E-state index in [-0.39, 0.29) is 18.3 Å². The molecule has 1 aliphatic heterocycles. The highest BCUT2D eigenvalue weighted by molar-refractivity contribution is 5.85. The molecule has 0 radical (unpaired) electrons. The van der Waals surface area contributed by atoms with Crippen molar-refractivity contribution < 1.29 is 4.79 Å². The van der Waals surface area contributed by atoms with Crippen LogP contribution in [0.5, 0.6) is 0 Å². The summed E-state index contributed by atoms with van der Waals surface area (Å²) in [5, 5.41) is 11.2. The molecular formula is C21H31ClN4O. The maximum Gasteiger partial charge on any atom is 0.220 e. The van der Waals surface area contributed by atoms with Crippen LogP contribution in [-0.4, -0.2) is 34.8 Å². The summed E-state index contributed by atoms with van der Waals surface area (Å²) in [6.45, 7) is 9.01. The molecule has 1 fully saturated rings. The first kappa shape index (κ1) is 21.5. The Morgan fingerprint density at radius 2 is 1.85 bits per heavy atom. The molecule has 0 unspecified atom stereocenters. The van der Waals surface area contributed by atoms with E-state index in [1.807, 2.05) is 6.92 Å². The minimum atomic E-state index is 0. The van der Waals surface area contributed by atoms with Crippen molar-refractivity contribution in [3.63, 3.8) is 0 Å². The number of nitrogens with zero attached hydrogens (tertiary/aromatic N) is 2. The van der Waals surface area contributed by atoms with E-state index in [1.165, 1.54) is 16.7 Å². The zero-order valence-corrected chi connectivity index (χ0v) is 17.4. The maximum absolute atomic E-state index is 12.3. The number of nitrogens with one attached hydrogen (secondary N) is 2. The second-order valence-corrected chi connectivity index (χ2v) is 7.38. The zero-order chi connectivity index (χ0) is 18.5. The van der Waals surface area contributed by atoms with E-state index >= 15 is 0 Å². The molecule has 2 heterocycles. The molecule has 2 aromatic rings. The van der Waals surface area contributed by atoms with Crippen molar-refractivity contribution in [2.45, 2.75) is 59.0 Å². The number of piperidine rings is 1. The van der Waals surface area contributed by atoms with Gasteiger partial charge in [-0.2, -0.15) is 5.10 Å². The molecule has 1 aromatic carbocycles. The van der Waals surface area contributed by atoms with Gasteiger partial charge >= 0.3 is 0 Å². The molecule has 1 saturated heterocycles. The van der Waals surface area contributed by atoms with Gasteiger partial charge in [0.05, 0.1) is 12.2 Å². The van der Waals surface area contributed by atoms with Crippen LogP contribution in [0, 0.1) is 20.8 Å². The van der Waals surface area contributed by atoms with E-state index in [0.29, 0.717) is 12.5 Å². The number of hydrogen-bond acceptors (Lipinski definition) is 3. The summed E-state index contributed by atoms with van der Waals surface area (Å²) in [6.07, 6.45) is 3.33. The van der Waals surface area contributed by atoms with Crippen LogP contribution >= 0.6 is 12.4 Å². The largest absolute Gasteiger partial charge is 0.353 e. The Labute approximate surface area is 168 Å². The third-order valence-electron chi connectivity index (χ3n) is 5.29. The molecule has 5 nitrogen and oxygen atoms in total. The average Bonchev–Trinajstić information content (AvgIpc) is 2.89. The first-order valence-electron chi connectivity index (χ1n) is 9.61. The lowest BCUT2D eigenvalue weighted by atomic mass is 10.0. The molecule has 0 bridgehead atoms. The van der Waals surface area contributed by atoms with Gasteiger partial charge in [-0.1, -0.05) is 29.8 Å². The summed E-state index contributed by atoms with van der Waals surface area (Å²) in [5.41, 5.74) is 5.92. The highest BCUT2D eigenvalue weighted by atomic mass is 35.5. The lowest BCUT2D eigenvalue weighted by Gasteiger charge is -2.23. The van der Waals surface area contributed by atoms with Gasteiger partial charge in [0.15, 0.2) is 0 Å². The topological polar surface area (TPSA) is 59.0 Å². The van der Waals surface area contributed by atoms with Crippen LogP contribution in [0.2, 0.25) is 0 Å². The molecule has 0 saturated carbocycles. The number of benzene rings is 1. The highest BCUT2D eigenvalue weighted by Gasteiger charge is 2.17. The highest BCUT2D eigenvalue weighted by Crippen LogP contribution is 2.17. The number of rotatable bonds is 6. The van der Waals surface area contributed by atoms with Gasteiger partial charge in [0.2, 0.25) is 5.91 Å². The third kappa shape index (κ3) is 5.81. The molecule has 1 amide bonds. The lowest BCUT2D eigenvalue weighted by Crippen LogP contribution is -2.42. The second-order valence-electron chi connectivity index (χ2n) is 7.38. The van der Waals surface area contributed by atoms with Gasteiger partial charge in [0.25, 0.3) is 0 Å². The minimum absolute atomic E-state index is 0. The van der Waals surface area contributed by atoms with Crippen LogP contribution in [0.25, 0.3) is 0 Å². The van der Waals surface area contributed by atoms with E-state index in [1.54, 1.807) is 0 Å². The predicted molar refractivity (Wildman–Crippen MR) is 112 cm³/mol. The standard InChI is InChI=1S/C21H30N4O.ClH/c1-15-4-6-18(7-5-15)14-25-17(3)20(16(2)24-25)8-9-21(26)23-19-10-12-22-13-11-19;/h4-7,19,22H,8-14H2,1-3H3,(H,23,26);1H. The Balaban J connectivity index is 0.00000261. The molecule has 148 valence electrons. The quantitative estimate of drug-likeness (QED) is 0.796. The van der Waals surface area contributed by atoms with Crippen molar-refractivity contribution in [2.24, 2.45) is 0 Å². The maximum atomic E-state index is 12.3. The summed E-state index contributed by atoms with van der Waals surface area (Å²) < 4.78 is 2.06. The molecule has 6 heteroatoms. The van der Waals surface area contributed by atoms with Crippen LogP contribution in [0.3, 0.4) is 0 Å². The molecule has 0 spiro atoms. The van der Waals surface area contributed by atoms with Gasteiger partial charge in [0.1, 0.15) is 0 Å². The van der Waals surface area contributed by atoms with E-state index in [9.17, 15) is 4.79 Å². The van der Waals surface area contributed by atoms with Crippen LogP contribution < -0.4 is 10.6 Å². The number of aryl methyl sites for hydroxylation is 2. The molecular weight excluding hydrogens is 360 g/mol. The molecule has 0 atom stereocenters. The first-order valence-corrected chi connectivity index (χ1v) is 9.61. The normalized spacial score (nSPS) is 14.6. The summed E-state index contributed by atoms with van der Waals surface area (Å²) in [6, 6.07) is 8.89. The number of hydrogen-bond donors (Lipinski definition) is 2. The number of aromatic nitrogens is 2. The Hall–Kier alpha value is -1.85. The summed E-state index contributed by atoms with van der Waals surface area (Å²) >= 11 is 0. The minimum Gasteiger partial charge on any atom is -0.353 e. The van der Waals surface area contributed by atoms with E-state index in [0.717, 1.165) is 50.3 Å². The summed E-state index contributed by atoms with van der Waals surface area (Å²) in [4.78, 5) is 12.3. The smallest absolute Gasteiger partial charge is 0.220 e. The van der Waals surface area contributed by atoms with E-state index in [4.69, 9.17) is 5.10 Å². The Bertz CT molecular complexity index is 748. The monoisotopic (exact) mass is 390 g/mol. The number of carbonyl (C=O) groups excluding carboxylic acids is 1. The molecule has 0 aliphatic carbocycles. The van der Waals surface area contributed by atoms with Gasteiger partial charge in [-0.25, -0.2) is 0 Å². The summed E-state index contributed by atoms with van der Waals surface area (Å²) in [5.74, 6) is 0.155. The third-order valence-corrected chi connectivity index (χ3v) is 5.29. The molecule has 1 aliphatic rings. The number of carbonyl (C=O) groups is 1. The fourth-order valence-electron chi connectivity index (χ4n) is 3.62. The van der Waals surface area contributed by atoms with Crippen molar-refractivity contribution in [1.29, 1.82) is 0 Å². The van der Waals surface area contributed by atoms with Gasteiger partial charge < -0.3 is 10.6 Å². The second kappa shape index (κ2) is 9.90. The Morgan fingerprint density at radius 3 is 2.52 bits per heavy atom. The average molecular weight is 391 g/mol. The van der Waals surface area contributed by atoms with Crippen LogP contribution in [0.4, 0.5) is 0 Å². The van der Waals surface area contributed by atoms with Crippen LogP contribution in [-0.2, 0) is 17.8 Å². The molecule has 3 rings (SSSR count). The Morgan fingerprint density at radius 1 is 1.19 bits per heavy atom. The predicted octanol–water partition coefficient (Wildman–Crippen LogP) is 3.08. The zero-order valence-electron chi connectivity index (χ0n) is 16.5. The SMILES string of the molecule is Cc1ccc(Cn2nc(C)c(CCC(=O)NC3CCNCC3)c2C)cc1.Cl. The van der Waals surface area contributed by atoms with E-state index in [2.05, 4.69) is 53.4 Å². The molecule has 2 N–H and O–H groups in total. The van der Waals surface area contributed by atoms with Crippen LogP contribution in [0.1, 0.15) is 47.3 Å². The Kier molecular flexibility index (Phi) is 7.87. The van der Waals surface area contributed by atoms with Crippen molar-refractivity contribution in [3.8, 4) is 0 Å². The number of amides is 1. The van der Waals surface area contributed by atoms with Crippen LogP contribution in [0.15, 0.2) is 24.3 Å². The summed E-state index contributed by atoms with van der Waals surface area (Å²) in [7, 11) is 0. The first-order chi connectivity index (χ1) is 12.5. The van der Waals surface area contributed by atoms with Crippen molar-refractivity contribution >= 4 is 18.3 Å². The van der Waals surface area contributed by atoms with Crippen molar-refractivity contribution in [3.05, 3.63) is 52.3 Å². The fraction of sp³-hybridized carbons (Fsp3) is 0.524. The van der Waals surface area contributed by atoms with Gasteiger partial charge in [-0.3, -0.25) is 9.48 Å². The van der Waals surface area contributed by atoms with Gasteiger partial charge in [-0.05, 0) is 64.3 Å². The molecule has 27 heavy (non-hydrogen) atoms. The van der Waals surface area contributed by atoms with Crippen molar-refractivity contribution in [1.82, 2.24) is 20.4 Å².